The Hall–Kier alpha value is -3.12. The van der Waals surface area contributed by atoms with Crippen molar-refractivity contribution in [2.45, 2.75) is 13.5 Å². The van der Waals surface area contributed by atoms with Crippen LogP contribution in [-0.4, -0.2) is 66.7 Å². The summed E-state index contributed by atoms with van der Waals surface area (Å²) >= 11 is 8.36. The maximum absolute atomic E-state index is 13.2. The lowest BCUT2D eigenvalue weighted by molar-refractivity contribution is -0.121. The molecule has 3 aromatic rings. The van der Waals surface area contributed by atoms with Crippen LogP contribution in [-0.2, 0) is 16.1 Å². The lowest BCUT2D eigenvalue weighted by Gasteiger charge is -2.26. The van der Waals surface area contributed by atoms with Crippen molar-refractivity contribution in [2.24, 2.45) is 4.99 Å². The fourth-order valence-electron chi connectivity index (χ4n) is 4.38. The van der Waals surface area contributed by atoms with Crippen molar-refractivity contribution in [3.8, 4) is 11.5 Å². The number of hydrogen-bond acceptors (Lipinski definition) is 7. The molecule has 2 aliphatic heterocycles. The van der Waals surface area contributed by atoms with E-state index in [4.69, 9.17) is 19.2 Å². The minimum Gasteiger partial charge on any atom is -0.490 e. The summed E-state index contributed by atoms with van der Waals surface area (Å²) in [6.45, 7) is 4.96. The SMILES string of the molecule is CCOc1cc(/C=C2/SC(=Nc3cccc(C(=O)N4CCOCC4)c3)N(C)C2=O)cc(Br)c1OCc1ccc(Br)cc1. The van der Waals surface area contributed by atoms with Crippen LogP contribution in [0.4, 0.5) is 5.69 Å². The first-order valence-corrected chi connectivity index (χ1v) is 15.8. The van der Waals surface area contributed by atoms with Crippen molar-refractivity contribution < 1.29 is 23.8 Å². The summed E-state index contributed by atoms with van der Waals surface area (Å²) in [5.74, 6) is 0.960. The van der Waals surface area contributed by atoms with Crippen LogP contribution < -0.4 is 9.47 Å². The second-order valence-corrected chi connectivity index (χ2v) is 12.3. The number of aliphatic imine (C=N–C) groups is 1. The van der Waals surface area contributed by atoms with Gasteiger partial charge in [0.25, 0.3) is 11.8 Å². The normalized spacial score (nSPS) is 17.3. The third-order valence-corrected chi connectivity index (χ3v) is 8.72. The summed E-state index contributed by atoms with van der Waals surface area (Å²) in [4.78, 5) is 34.6. The highest BCUT2D eigenvalue weighted by Crippen LogP contribution is 2.40. The van der Waals surface area contributed by atoms with Gasteiger partial charge in [-0.25, -0.2) is 4.99 Å². The number of amides is 2. The minimum absolute atomic E-state index is 0.0515. The van der Waals surface area contributed by atoms with Gasteiger partial charge in [-0.1, -0.05) is 34.1 Å². The molecule has 2 saturated heterocycles. The Balaban J connectivity index is 1.35. The third-order valence-electron chi connectivity index (χ3n) is 6.55. The molecular weight excluding hydrogens is 686 g/mol. The number of ether oxygens (including phenoxy) is 3. The van der Waals surface area contributed by atoms with Gasteiger partial charge in [-0.3, -0.25) is 14.5 Å². The van der Waals surface area contributed by atoms with Crippen LogP contribution in [0.5, 0.6) is 11.5 Å². The maximum Gasteiger partial charge on any atom is 0.266 e. The summed E-state index contributed by atoms with van der Waals surface area (Å²) in [6.07, 6.45) is 1.82. The van der Waals surface area contributed by atoms with Crippen molar-refractivity contribution in [1.82, 2.24) is 9.80 Å². The monoisotopic (exact) mass is 713 g/mol. The molecule has 2 aliphatic rings. The molecule has 0 N–H and O–H groups in total. The first-order chi connectivity index (χ1) is 20.3. The molecule has 3 aromatic carbocycles. The third kappa shape index (κ3) is 7.26. The standard InChI is InChI=1S/C31H29Br2N3O5S/c1-3-40-26-16-21(15-25(33)28(26)41-19-20-7-9-23(32)10-8-20)17-27-30(38)35(2)31(42-27)34-24-6-4-5-22(18-24)29(37)36-11-13-39-14-12-36/h4-10,15-18H,3,11-14,19H2,1-2H3/b27-17+,34-31?. The molecule has 0 radical (unpaired) electrons. The van der Waals surface area contributed by atoms with E-state index in [1.54, 1.807) is 30.1 Å². The van der Waals surface area contributed by atoms with Crippen molar-refractivity contribution >= 4 is 72.4 Å². The summed E-state index contributed by atoms with van der Waals surface area (Å²) in [5, 5.41) is 0.528. The number of carbonyl (C=O) groups is 2. The van der Waals surface area contributed by atoms with Crippen LogP contribution in [0.25, 0.3) is 6.08 Å². The van der Waals surface area contributed by atoms with Gasteiger partial charge in [0.05, 0.1) is 34.9 Å². The summed E-state index contributed by atoms with van der Waals surface area (Å²) in [7, 11) is 1.69. The smallest absolute Gasteiger partial charge is 0.266 e. The Morgan fingerprint density at radius 2 is 1.83 bits per heavy atom. The molecule has 0 bridgehead atoms. The molecule has 0 unspecified atom stereocenters. The van der Waals surface area contributed by atoms with E-state index in [0.717, 1.165) is 20.1 Å². The molecule has 0 atom stereocenters. The molecule has 218 valence electrons. The number of nitrogens with zero attached hydrogens (tertiary/aromatic N) is 3. The molecule has 2 amide bonds. The maximum atomic E-state index is 13.2. The molecule has 0 saturated carbocycles. The van der Waals surface area contributed by atoms with Gasteiger partial charge in [0.2, 0.25) is 0 Å². The van der Waals surface area contributed by atoms with Crippen LogP contribution in [0.1, 0.15) is 28.4 Å². The first-order valence-electron chi connectivity index (χ1n) is 13.4. The van der Waals surface area contributed by atoms with Crippen LogP contribution in [0.15, 0.2) is 79.5 Å². The Bertz CT molecular complexity index is 1540. The first kappa shape index (κ1) is 30.3. The minimum atomic E-state index is -0.163. The van der Waals surface area contributed by atoms with Crippen LogP contribution in [0.3, 0.4) is 0 Å². The highest BCUT2D eigenvalue weighted by atomic mass is 79.9. The number of morpholine rings is 1. The summed E-state index contributed by atoms with van der Waals surface area (Å²) in [5.41, 5.74) is 2.97. The second kappa shape index (κ2) is 13.9. The van der Waals surface area contributed by atoms with Gasteiger partial charge < -0.3 is 19.1 Å². The fraction of sp³-hybridized carbons (Fsp3) is 0.258. The summed E-state index contributed by atoms with van der Waals surface area (Å²) in [6, 6.07) is 18.9. The molecule has 8 nitrogen and oxygen atoms in total. The molecule has 0 aliphatic carbocycles. The van der Waals surface area contributed by atoms with E-state index < -0.39 is 0 Å². The number of carbonyl (C=O) groups excluding carboxylic acids is 2. The van der Waals surface area contributed by atoms with Crippen molar-refractivity contribution in [1.29, 1.82) is 0 Å². The van der Waals surface area contributed by atoms with E-state index in [1.807, 2.05) is 55.5 Å². The van der Waals surface area contributed by atoms with E-state index >= 15 is 0 Å². The van der Waals surface area contributed by atoms with Crippen molar-refractivity contribution in [3.05, 3.63) is 91.2 Å². The Morgan fingerprint density at radius 1 is 1.07 bits per heavy atom. The van der Waals surface area contributed by atoms with Crippen LogP contribution >= 0.6 is 43.6 Å². The number of halogens is 2. The highest BCUT2D eigenvalue weighted by Gasteiger charge is 2.31. The van der Waals surface area contributed by atoms with Crippen LogP contribution in [0.2, 0.25) is 0 Å². The zero-order valence-electron chi connectivity index (χ0n) is 23.1. The van der Waals surface area contributed by atoms with E-state index in [0.29, 0.717) is 72.3 Å². The van der Waals surface area contributed by atoms with Gasteiger partial charge in [0, 0.05) is 30.2 Å². The Morgan fingerprint density at radius 3 is 2.57 bits per heavy atom. The lowest BCUT2D eigenvalue weighted by atomic mass is 10.1. The number of amidine groups is 1. The average Bonchev–Trinajstić information content (AvgIpc) is 3.25. The van der Waals surface area contributed by atoms with Gasteiger partial charge in [0.15, 0.2) is 16.7 Å². The molecule has 0 aromatic heterocycles. The zero-order chi connectivity index (χ0) is 29.6. The molecule has 11 heteroatoms. The number of likely N-dealkylation sites (N-methyl/N-ethyl adjacent to an activating group) is 1. The Kier molecular flexibility index (Phi) is 10.0. The predicted molar refractivity (Wildman–Crippen MR) is 172 cm³/mol. The van der Waals surface area contributed by atoms with E-state index in [1.165, 1.54) is 16.7 Å². The van der Waals surface area contributed by atoms with Crippen LogP contribution in [0, 0.1) is 0 Å². The highest BCUT2D eigenvalue weighted by molar-refractivity contribution is 9.10. The molecule has 42 heavy (non-hydrogen) atoms. The van der Waals surface area contributed by atoms with E-state index in [-0.39, 0.29) is 11.8 Å². The van der Waals surface area contributed by atoms with Crippen molar-refractivity contribution in [2.75, 3.05) is 40.0 Å². The Labute approximate surface area is 266 Å². The number of hydrogen-bond donors (Lipinski definition) is 0. The van der Waals surface area contributed by atoms with Gasteiger partial charge in [0.1, 0.15) is 6.61 Å². The number of benzene rings is 3. The van der Waals surface area contributed by atoms with E-state index in [2.05, 4.69) is 31.9 Å². The number of thioether (sulfide) groups is 1. The molecule has 2 fully saturated rings. The van der Waals surface area contributed by atoms with Gasteiger partial charge in [-0.05, 0) is 94.3 Å². The lowest BCUT2D eigenvalue weighted by Crippen LogP contribution is -2.40. The van der Waals surface area contributed by atoms with Gasteiger partial charge >= 0.3 is 0 Å². The quantitative estimate of drug-likeness (QED) is 0.237. The van der Waals surface area contributed by atoms with Crippen molar-refractivity contribution in [3.63, 3.8) is 0 Å². The zero-order valence-corrected chi connectivity index (χ0v) is 27.1. The second-order valence-electron chi connectivity index (χ2n) is 9.50. The fourth-order valence-corrected chi connectivity index (χ4v) is 6.21. The number of rotatable bonds is 8. The summed E-state index contributed by atoms with van der Waals surface area (Å²) < 4.78 is 19.1. The average molecular weight is 715 g/mol. The largest absolute Gasteiger partial charge is 0.490 e. The molecule has 5 rings (SSSR count). The molecular formula is C31H29Br2N3O5S. The van der Waals surface area contributed by atoms with Gasteiger partial charge in [-0.15, -0.1) is 0 Å². The molecule has 0 spiro atoms. The molecule has 2 heterocycles. The predicted octanol–water partition coefficient (Wildman–Crippen LogP) is 6.90. The van der Waals surface area contributed by atoms with E-state index in [9.17, 15) is 9.59 Å². The van der Waals surface area contributed by atoms with Gasteiger partial charge in [-0.2, -0.15) is 0 Å². The topological polar surface area (TPSA) is 80.7 Å².